The zero-order chi connectivity index (χ0) is 8.97. The van der Waals surface area contributed by atoms with E-state index in [9.17, 15) is 0 Å². The normalized spacial score (nSPS) is 9.08. The van der Waals surface area contributed by atoms with Crippen LogP contribution in [-0.4, -0.2) is 7.11 Å². The van der Waals surface area contributed by atoms with E-state index in [2.05, 4.69) is 4.85 Å². The summed E-state index contributed by atoms with van der Waals surface area (Å²) < 4.78 is 5.05. The van der Waals surface area contributed by atoms with Gasteiger partial charge in [0.05, 0.1) is 12.7 Å². The lowest BCUT2D eigenvalue weighted by molar-refractivity contribution is 0.410. The number of halogens is 1. The van der Waals surface area contributed by atoms with Crippen LogP contribution in [0.2, 0.25) is 5.02 Å². The molecule has 0 spiro atoms. The number of hydrogen-bond donors (Lipinski definition) is 0. The van der Waals surface area contributed by atoms with Crippen molar-refractivity contribution in [3.63, 3.8) is 0 Å². The average Bonchev–Trinajstić information content (AvgIpc) is 2.08. The third-order valence-corrected chi connectivity index (χ3v) is 1.73. The van der Waals surface area contributed by atoms with Crippen molar-refractivity contribution >= 4 is 11.6 Å². The Kier molecular flexibility index (Phi) is 2.95. The monoisotopic (exact) mass is 181 g/mol. The molecule has 3 heteroatoms. The van der Waals surface area contributed by atoms with E-state index in [0.717, 1.165) is 5.56 Å². The molecule has 0 saturated carbocycles. The second-order valence-corrected chi connectivity index (χ2v) is 2.71. The van der Waals surface area contributed by atoms with Gasteiger partial charge in [0.1, 0.15) is 5.75 Å². The Bertz CT molecular complexity index is 317. The molecule has 0 fully saturated rings. The number of ether oxygens (including phenoxy) is 1. The minimum absolute atomic E-state index is 0.334. The Morgan fingerprint density at radius 1 is 1.58 bits per heavy atom. The summed E-state index contributed by atoms with van der Waals surface area (Å²) in [6, 6.07) is 5.27. The molecule has 1 rings (SSSR count). The maximum absolute atomic E-state index is 6.70. The third-order valence-electron chi connectivity index (χ3n) is 1.50. The topological polar surface area (TPSA) is 13.6 Å². The van der Waals surface area contributed by atoms with Gasteiger partial charge in [-0.3, -0.25) is 0 Å². The van der Waals surface area contributed by atoms with E-state index in [1.54, 1.807) is 25.3 Å². The van der Waals surface area contributed by atoms with Crippen molar-refractivity contribution < 1.29 is 4.74 Å². The zero-order valence-electron chi connectivity index (χ0n) is 6.67. The lowest BCUT2D eigenvalue weighted by Gasteiger charge is -2.03. The standard InChI is InChI=1S/C9H8ClNO/c1-11-6-7-3-4-8(10)5-9(7)12-2/h3-5H,6H2,2H3. The van der Waals surface area contributed by atoms with Crippen molar-refractivity contribution in [2.75, 3.05) is 7.11 Å². The lowest BCUT2D eigenvalue weighted by Crippen LogP contribution is -1.89. The lowest BCUT2D eigenvalue weighted by atomic mass is 10.2. The highest BCUT2D eigenvalue weighted by Gasteiger charge is 2.04. The van der Waals surface area contributed by atoms with E-state index in [0.29, 0.717) is 17.3 Å². The Hall–Kier alpha value is -1.20. The maximum Gasteiger partial charge on any atom is 0.243 e. The van der Waals surface area contributed by atoms with Crippen LogP contribution in [0.15, 0.2) is 18.2 Å². The SMILES string of the molecule is [C-]#[N+]Cc1ccc(Cl)cc1OC. The van der Waals surface area contributed by atoms with Crippen LogP contribution >= 0.6 is 11.6 Å². The largest absolute Gasteiger partial charge is 0.496 e. The van der Waals surface area contributed by atoms with Crippen molar-refractivity contribution in [2.24, 2.45) is 0 Å². The van der Waals surface area contributed by atoms with Gasteiger partial charge in [-0.05, 0) is 18.2 Å². The Morgan fingerprint density at radius 2 is 2.33 bits per heavy atom. The van der Waals surface area contributed by atoms with Gasteiger partial charge in [0, 0.05) is 5.02 Å². The molecule has 0 aliphatic heterocycles. The van der Waals surface area contributed by atoms with Crippen LogP contribution in [0.1, 0.15) is 5.56 Å². The highest BCUT2D eigenvalue weighted by atomic mass is 35.5. The summed E-state index contributed by atoms with van der Waals surface area (Å²) in [6.07, 6.45) is 0. The van der Waals surface area contributed by atoms with E-state index in [1.165, 1.54) is 0 Å². The van der Waals surface area contributed by atoms with Crippen LogP contribution < -0.4 is 4.74 Å². The predicted molar refractivity (Wildman–Crippen MR) is 48.3 cm³/mol. The predicted octanol–water partition coefficient (Wildman–Crippen LogP) is 2.77. The number of methoxy groups -OCH3 is 1. The molecular formula is C9H8ClNO. The molecule has 0 aliphatic carbocycles. The summed E-state index contributed by atoms with van der Waals surface area (Å²) in [7, 11) is 1.57. The summed E-state index contributed by atoms with van der Waals surface area (Å²) in [4.78, 5) is 3.27. The first kappa shape index (κ1) is 8.89. The van der Waals surface area contributed by atoms with Gasteiger partial charge in [-0.2, -0.15) is 0 Å². The van der Waals surface area contributed by atoms with Crippen LogP contribution in [0.5, 0.6) is 5.75 Å². The summed E-state index contributed by atoms with van der Waals surface area (Å²) in [5, 5.41) is 0.626. The fraction of sp³-hybridized carbons (Fsp3) is 0.222. The highest BCUT2D eigenvalue weighted by molar-refractivity contribution is 6.30. The van der Waals surface area contributed by atoms with Gasteiger partial charge in [0.25, 0.3) is 0 Å². The molecule has 0 heterocycles. The molecule has 0 bridgehead atoms. The van der Waals surface area contributed by atoms with Crippen molar-refractivity contribution in [3.05, 3.63) is 40.2 Å². The van der Waals surface area contributed by atoms with Gasteiger partial charge in [0.15, 0.2) is 0 Å². The first-order valence-electron chi connectivity index (χ1n) is 3.43. The van der Waals surface area contributed by atoms with Crippen LogP contribution in [0.3, 0.4) is 0 Å². The van der Waals surface area contributed by atoms with E-state index in [1.807, 2.05) is 0 Å². The van der Waals surface area contributed by atoms with Gasteiger partial charge < -0.3 is 9.58 Å². The van der Waals surface area contributed by atoms with Crippen molar-refractivity contribution in [3.8, 4) is 5.75 Å². The second kappa shape index (κ2) is 3.99. The zero-order valence-corrected chi connectivity index (χ0v) is 7.43. The van der Waals surface area contributed by atoms with Gasteiger partial charge in [-0.25, -0.2) is 6.57 Å². The van der Waals surface area contributed by atoms with Crippen LogP contribution in [-0.2, 0) is 6.54 Å². The quantitative estimate of drug-likeness (QED) is 0.640. The maximum atomic E-state index is 6.70. The van der Waals surface area contributed by atoms with E-state index < -0.39 is 0 Å². The van der Waals surface area contributed by atoms with Crippen LogP contribution in [0, 0.1) is 6.57 Å². The minimum Gasteiger partial charge on any atom is -0.496 e. The van der Waals surface area contributed by atoms with Gasteiger partial charge in [0.2, 0.25) is 6.54 Å². The number of hydrogen-bond acceptors (Lipinski definition) is 1. The van der Waals surface area contributed by atoms with Crippen molar-refractivity contribution in [2.45, 2.75) is 6.54 Å². The minimum atomic E-state index is 0.334. The smallest absolute Gasteiger partial charge is 0.243 e. The second-order valence-electron chi connectivity index (χ2n) is 2.27. The molecule has 0 aromatic heterocycles. The van der Waals surface area contributed by atoms with Crippen LogP contribution in [0.4, 0.5) is 0 Å². The van der Waals surface area contributed by atoms with Gasteiger partial charge >= 0.3 is 0 Å². The summed E-state index contributed by atoms with van der Waals surface area (Å²) in [5.41, 5.74) is 0.872. The molecule has 0 amide bonds. The first-order valence-corrected chi connectivity index (χ1v) is 3.81. The van der Waals surface area contributed by atoms with E-state index in [-0.39, 0.29) is 0 Å². The fourth-order valence-corrected chi connectivity index (χ4v) is 1.10. The first-order chi connectivity index (χ1) is 5.77. The average molecular weight is 182 g/mol. The number of benzene rings is 1. The molecule has 0 saturated heterocycles. The van der Waals surface area contributed by atoms with Gasteiger partial charge in [-0.15, -0.1) is 0 Å². The van der Waals surface area contributed by atoms with Crippen LogP contribution in [0.25, 0.3) is 4.85 Å². The summed E-state index contributed by atoms with van der Waals surface area (Å²) in [5.74, 6) is 0.679. The molecule has 1 aromatic rings. The van der Waals surface area contributed by atoms with E-state index >= 15 is 0 Å². The third kappa shape index (κ3) is 1.90. The Labute approximate surface area is 76.5 Å². The van der Waals surface area contributed by atoms with Crippen molar-refractivity contribution in [1.82, 2.24) is 0 Å². The fourth-order valence-electron chi connectivity index (χ4n) is 0.934. The molecule has 2 nitrogen and oxygen atoms in total. The number of rotatable bonds is 2. The number of nitrogens with zero attached hydrogens (tertiary/aromatic N) is 1. The molecule has 0 radical (unpaired) electrons. The summed E-state index contributed by atoms with van der Waals surface area (Å²) in [6.45, 7) is 7.04. The molecule has 12 heavy (non-hydrogen) atoms. The van der Waals surface area contributed by atoms with Gasteiger partial charge in [-0.1, -0.05) is 11.6 Å². The molecule has 0 aliphatic rings. The summed E-state index contributed by atoms with van der Waals surface area (Å²) >= 11 is 5.74. The highest BCUT2D eigenvalue weighted by Crippen LogP contribution is 2.23. The molecule has 62 valence electrons. The molecular weight excluding hydrogens is 174 g/mol. The molecule has 0 N–H and O–H groups in total. The molecule has 1 aromatic carbocycles. The van der Waals surface area contributed by atoms with E-state index in [4.69, 9.17) is 22.9 Å². The Morgan fingerprint density at radius 3 is 2.92 bits per heavy atom. The molecule has 0 unspecified atom stereocenters. The Balaban J connectivity index is 3.04. The van der Waals surface area contributed by atoms with Crippen molar-refractivity contribution in [1.29, 1.82) is 0 Å². The molecule has 0 atom stereocenters.